The van der Waals surface area contributed by atoms with Gasteiger partial charge in [0.05, 0.1) is 12.3 Å². The highest BCUT2D eigenvalue weighted by Gasteiger charge is 2.12. The van der Waals surface area contributed by atoms with Crippen molar-refractivity contribution in [2.75, 3.05) is 17.7 Å². The third-order valence-electron chi connectivity index (χ3n) is 4.04. The largest absolute Gasteiger partial charge is 0.494 e. The number of nitrogens with zero attached hydrogens (tertiary/aromatic N) is 1. The molecule has 3 aromatic rings. The number of aromatic nitrogens is 1. The minimum atomic E-state index is 0.0145. The van der Waals surface area contributed by atoms with Crippen molar-refractivity contribution in [3.05, 3.63) is 59.5 Å². The van der Waals surface area contributed by atoms with Gasteiger partial charge in [-0.05, 0) is 62.4 Å². The molecule has 0 aliphatic heterocycles. The van der Waals surface area contributed by atoms with Crippen LogP contribution in [0.1, 0.15) is 24.6 Å². The molecule has 0 aliphatic carbocycles. The van der Waals surface area contributed by atoms with Crippen LogP contribution < -0.4 is 10.1 Å². The lowest BCUT2D eigenvalue weighted by Gasteiger charge is -2.04. The molecule has 0 fully saturated rings. The SMILES string of the molecule is CCOc1ccc(-c2nc(NC(=O)CCCSc3ccccc3)sc2C)cc1. The number of aryl methyl sites for hydroxylation is 1. The van der Waals surface area contributed by atoms with E-state index < -0.39 is 0 Å². The smallest absolute Gasteiger partial charge is 0.226 e. The second kappa shape index (κ2) is 10.3. The maximum atomic E-state index is 12.2. The maximum Gasteiger partial charge on any atom is 0.226 e. The summed E-state index contributed by atoms with van der Waals surface area (Å²) in [6.07, 6.45) is 1.33. The Morgan fingerprint density at radius 2 is 1.89 bits per heavy atom. The van der Waals surface area contributed by atoms with Gasteiger partial charge in [-0.15, -0.1) is 23.1 Å². The van der Waals surface area contributed by atoms with Crippen LogP contribution >= 0.6 is 23.1 Å². The quantitative estimate of drug-likeness (QED) is 0.344. The monoisotopic (exact) mass is 412 g/mol. The van der Waals surface area contributed by atoms with Crippen molar-refractivity contribution in [3.8, 4) is 17.0 Å². The molecule has 0 unspecified atom stereocenters. The van der Waals surface area contributed by atoms with E-state index in [1.165, 1.54) is 16.2 Å². The number of benzene rings is 2. The van der Waals surface area contributed by atoms with E-state index in [0.717, 1.165) is 34.1 Å². The highest BCUT2D eigenvalue weighted by atomic mass is 32.2. The number of thioether (sulfide) groups is 1. The van der Waals surface area contributed by atoms with Crippen molar-refractivity contribution in [1.29, 1.82) is 0 Å². The van der Waals surface area contributed by atoms with Gasteiger partial charge < -0.3 is 10.1 Å². The number of nitrogens with one attached hydrogen (secondary N) is 1. The van der Waals surface area contributed by atoms with Crippen LogP contribution in [0.4, 0.5) is 5.13 Å². The van der Waals surface area contributed by atoms with E-state index >= 15 is 0 Å². The van der Waals surface area contributed by atoms with Gasteiger partial charge in [0.2, 0.25) is 5.91 Å². The third kappa shape index (κ3) is 5.84. The lowest BCUT2D eigenvalue weighted by molar-refractivity contribution is -0.116. The predicted octanol–water partition coefficient (Wildman–Crippen LogP) is 6.03. The molecule has 4 nitrogen and oxygen atoms in total. The molecular formula is C22H24N2O2S2. The third-order valence-corrected chi connectivity index (χ3v) is 6.03. The second-order valence-corrected chi connectivity index (χ2v) is 8.57. The first-order valence-electron chi connectivity index (χ1n) is 9.34. The Morgan fingerprint density at radius 1 is 1.14 bits per heavy atom. The molecular weight excluding hydrogens is 388 g/mol. The molecule has 0 saturated carbocycles. The van der Waals surface area contributed by atoms with E-state index in [1.807, 2.05) is 56.3 Å². The molecule has 3 rings (SSSR count). The van der Waals surface area contributed by atoms with Crippen molar-refractivity contribution in [3.63, 3.8) is 0 Å². The van der Waals surface area contributed by atoms with Gasteiger partial charge in [-0.3, -0.25) is 4.79 Å². The van der Waals surface area contributed by atoms with Crippen LogP contribution in [-0.2, 0) is 4.79 Å². The standard InChI is InChI=1S/C22H24N2O2S2/c1-3-26-18-13-11-17(12-14-18)21-16(2)28-22(24-21)23-20(25)10-7-15-27-19-8-5-4-6-9-19/h4-6,8-9,11-14H,3,7,10,15H2,1-2H3,(H,23,24,25). The van der Waals surface area contributed by atoms with E-state index in [9.17, 15) is 4.79 Å². The van der Waals surface area contributed by atoms with Gasteiger partial charge in [-0.1, -0.05) is 18.2 Å². The summed E-state index contributed by atoms with van der Waals surface area (Å²) in [6.45, 7) is 4.64. The average Bonchev–Trinajstić information content (AvgIpc) is 3.07. The normalized spacial score (nSPS) is 10.6. The van der Waals surface area contributed by atoms with Crippen LogP contribution in [0, 0.1) is 6.92 Å². The minimum Gasteiger partial charge on any atom is -0.494 e. The average molecular weight is 413 g/mol. The van der Waals surface area contributed by atoms with Crippen LogP contribution in [0.15, 0.2) is 59.5 Å². The number of rotatable bonds is 9. The summed E-state index contributed by atoms with van der Waals surface area (Å²) in [4.78, 5) is 19.2. The van der Waals surface area contributed by atoms with Crippen molar-refractivity contribution in [1.82, 2.24) is 4.98 Å². The lowest BCUT2D eigenvalue weighted by atomic mass is 10.1. The van der Waals surface area contributed by atoms with Gasteiger partial charge in [0, 0.05) is 21.8 Å². The Morgan fingerprint density at radius 3 is 2.61 bits per heavy atom. The maximum absolute atomic E-state index is 12.2. The number of hydrogen-bond acceptors (Lipinski definition) is 5. The molecule has 1 N–H and O–H groups in total. The number of carbonyl (C=O) groups excluding carboxylic acids is 1. The fourth-order valence-electron chi connectivity index (χ4n) is 2.71. The van der Waals surface area contributed by atoms with Crippen LogP contribution in [-0.4, -0.2) is 23.3 Å². The fourth-order valence-corrected chi connectivity index (χ4v) is 4.44. The Balaban J connectivity index is 1.50. The zero-order valence-electron chi connectivity index (χ0n) is 16.1. The van der Waals surface area contributed by atoms with Crippen molar-refractivity contribution in [2.45, 2.75) is 31.6 Å². The lowest BCUT2D eigenvalue weighted by Crippen LogP contribution is -2.11. The summed E-state index contributed by atoms with van der Waals surface area (Å²) in [5.41, 5.74) is 1.93. The molecule has 0 radical (unpaired) electrons. The second-order valence-electron chi connectivity index (χ2n) is 6.19. The Labute approximate surface area is 174 Å². The van der Waals surface area contributed by atoms with Gasteiger partial charge in [0.15, 0.2) is 5.13 Å². The van der Waals surface area contributed by atoms with Crippen LogP contribution in [0.25, 0.3) is 11.3 Å². The molecule has 0 saturated heterocycles. The predicted molar refractivity (Wildman–Crippen MR) is 118 cm³/mol. The molecule has 0 bridgehead atoms. The van der Waals surface area contributed by atoms with E-state index in [4.69, 9.17) is 4.74 Å². The molecule has 146 valence electrons. The first-order chi connectivity index (χ1) is 13.7. The summed E-state index contributed by atoms with van der Waals surface area (Å²) in [7, 11) is 0. The number of thiazole rings is 1. The van der Waals surface area contributed by atoms with Crippen molar-refractivity contribution in [2.24, 2.45) is 0 Å². The zero-order valence-corrected chi connectivity index (χ0v) is 17.7. The molecule has 0 atom stereocenters. The van der Waals surface area contributed by atoms with Crippen LogP contribution in [0.3, 0.4) is 0 Å². The Kier molecular flexibility index (Phi) is 7.51. The first-order valence-corrected chi connectivity index (χ1v) is 11.1. The molecule has 28 heavy (non-hydrogen) atoms. The van der Waals surface area contributed by atoms with Gasteiger partial charge in [-0.25, -0.2) is 4.98 Å². The summed E-state index contributed by atoms with van der Waals surface area (Å²) >= 11 is 3.28. The topological polar surface area (TPSA) is 51.2 Å². The summed E-state index contributed by atoms with van der Waals surface area (Å²) in [5.74, 6) is 1.79. The van der Waals surface area contributed by atoms with E-state index in [2.05, 4.69) is 22.4 Å². The van der Waals surface area contributed by atoms with Gasteiger partial charge >= 0.3 is 0 Å². The van der Waals surface area contributed by atoms with E-state index in [0.29, 0.717) is 18.2 Å². The minimum absolute atomic E-state index is 0.0145. The molecule has 6 heteroatoms. The van der Waals surface area contributed by atoms with Gasteiger partial charge in [0.1, 0.15) is 5.75 Å². The molecule has 0 aliphatic rings. The van der Waals surface area contributed by atoms with E-state index in [-0.39, 0.29) is 5.91 Å². The van der Waals surface area contributed by atoms with E-state index in [1.54, 1.807) is 11.8 Å². The molecule has 1 aromatic heterocycles. The Bertz CT molecular complexity index is 893. The number of amides is 1. The van der Waals surface area contributed by atoms with Crippen LogP contribution in [0.5, 0.6) is 5.75 Å². The summed E-state index contributed by atoms with van der Waals surface area (Å²) in [5, 5.41) is 3.59. The fraction of sp³-hybridized carbons (Fsp3) is 0.273. The number of hydrogen-bond donors (Lipinski definition) is 1. The number of anilines is 1. The first kappa shape index (κ1) is 20.4. The zero-order chi connectivity index (χ0) is 19.8. The van der Waals surface area contributed by atoms with Gasteiger partial charge in [-0.2, -0.15) is 0 Å². The highest BCUT2D eigenvalue weighted by molar-refractivity contribution is 7.99. The molecule has 2 aromatic carbocycles. The number of carbonyl (C=O) groups is 1. The van der Waals surface area contributed by atoms with Crippen molar-refractivity contribution >= 4 is 34.1 Å². The molecule has 1 heterocycles. The highest BCUT2D eigenvalue weighted by Crippen LogP contribution is 2.31. The summed E-state index contributed by atoms with van der Waals surface area (Å²) in [6, 6.07) is 18.1. The number of ether oxygens (including phenoxy) is 1. The molecule has 1 amide bonds. The summed E-state index contributed by atoms with van der Waals surface area (Å²) < 4.78 is 5.48. The molecule has 0 spiro atoms. The van der Waals surface area contributed by atoms with Crippen molar-refractivity contribution < 1.29 is 9.53 Å². The Hall–Kier alpha value is -2.31. The van der Waals surface area contributed by atoms with Gasteiger partial charge in [0.25, 0.3) is 0 Å². The van der Waals surface area contributed by atoms with Crippen LogP contribution in [0.2, 0.25) is 0 Å².